The Balaban J connectivity index is 2.56. The molecule has 0 fully saturated rings. The molecule has 0 bridgehead atoms. The van der Waals surface area contributed by atoms with Gasteiger partial charge in [0.1, 0.15) is 0 Å². The maximum Gasteiger partial charge on any atom is 0.0953 e. The van der Waals surface area contributed by atoms with E-state index >= 15 is 0 Å². The van der Waals surface area contributed by atoms with Crippen LogP contribution < -0.4 is 5.73 Å². The van der Waals surface area contributed by atoms with Crippen LogP contribution in [-0.4, -0.2) is 16.1 Å². The first-order chi connectivity index (χ1) is 8.15. The Morgan fingerprint density at radius 1 is 1.29 bits per heavy atom. The van der Waals surface area contributed by atoms with Crippen LogP contribution in [0.15, 0.2) is 24.5 Å². The largest absolute Gasteiger partial charge is 0.337 e. The Bertz CT molecular complexity index is 526. The van der Waals surface area contributed by atoms with E-state index in [1.807, 2.05) is 13.4 Å². The van der Waals surface area contributed by atoms with Crippen LogP contribution in [0, 0.1) is 13.8 Å². The highest BCUT2D eigenvalue weighted by Crippen LogP contribution is 2.27. The van der Waals surface area contributed by atoms with Crippen LogP contribution in [-0.2, 0) is 13.5 Å². The number of aryl methyl sites for hydroxylation is 2. The number of rotatable bonds is 3. The molecule has 0 amide bonds. The van der Waals surface area contributed by atoms with Crippen LogP contribution in [0.25, 0.3) is 11.3 Å². The highest BCUT2D eigenvalue weighted by Gasteiger charge is 2.12. The van der Waals surface area contributed by atoms with Gasteiger partial charge in [0.05, 0.1) is 12.0 Å². The fourth-order valence-corrected chi connectivity index (χ4v) is 2.12. The zero-order valence-corrected chi connectivity index (χ0v) is 10.7. The Hall–Kier alpha value is -1.61. The highest BCUT2D eigenvalue weighted by atomic mass is 15.0. The van der Waals surface area contributed by atoms with Gasteiger partial charge in [-0.25, -0.2) is 4.98 Å². The van der Waals surface area contributed by atoms with Crippen molar-refractivity contribution < 1.29 is 0 Å². The molecule has 0 spiro atoms. The van der Waals surface area contributed by atoms with Gasteiger partial charge in [0.15, 0.2) is 0 Å². The van der Waals surface area contributed by atoms with Gasteiger partial charge in [0.2, 0.25) is 0 Å². The van der Waals surface area contributed by atoms with Crippen molar-refractivity contribution in [1.82, 2.24) is 9.55 Å². The van der Waals surface area contributed by atoms with Crippen LogP contribution in [0.1, 0.15) is 16.8 Å². The molecule has 90 valence electrons. The molecule has 1 heterocycles. The third-order valence-electron chi connectivity index (χ3n) is 3.30. The molecule has 3 nitrogen and oxygen atoms in total. The number of hydrogen-bond acceptors (Lipinski definition) is 2. The second-order valence-electron chi connectivity index (χ2n) is 4.44. The quantitative estimate of drug-likeness (QED) is 0.877. The van der Waals surface area contributed by atoms with Gasteiger partial charge >= 0.3 is 0 Å². The molecule has 3 heteroatoms. The topological polar surface area (TPSA) is 43.8 Å². The summed E-state index contributed by atoms with van der Waals surface area (Å²) in [4.78, 5) is 4.51. The summed E-state index contributed by atoms with van der Waals surface area (Å²) in [7, 11) is 2.02. The van der Waals surface area contributed by atoms with Gasteiger partial charge in [-0.15, -0.1) is 0 Å². The summed E-state index contributed by atoms with van der Waals surface area (Å²) in [6, 6.07) is 6.34. The summed E-state index contributed by atoms with van der Waals surface area (Å²) < 4.78 is 2.06. The Morgan fingerprint density at radius 2 is 2.06 bits per heavy atom. The van der Waals surface area contributed by atoms with E-state index < -0.39 is 0 Å². The zero-order chi connectivity index (χ0) is 12.4. The van der Waals surface area contributed by atoms with Gasteiger partial charge in [-0.05, 0) is 31.5 Å². The van der Waals surface area contributed by atoms with E-state index in [1.54, 1.807) is 0 Å². The second kappa shape index (κ2) is 4.72. The van der Waals surface area contributed by atoms with Gasteiger partial charge in [-0.1, -0.05) is 18.2 Å². The van der Waals surface area contributed by atoms with Crippen molar-refractivity contribution in [2.45, 2.75) is 20.3 Å². The van der Waals surface area contributed by atoms with E-state index in [2.05, 4.69) is 41.6 Å². The lowest BCUT2D eigenvalue weighted by Crippen LogP contribution is -2.07. The molecule has 0 aliphatic carbocycles. The first-order valence-electron chi connectivity index (χ1n) is 5.92. The SMILES string of the molecule is Cc1cccc(-c2ncn(C)c2CCN)c1C. The van der Waals surface area contributed by atoms with Crippen LogP contribution >= 0.6 is 0 Å². The molecular formula is C14H19N3. The number of imidazole rings is 1. The number of aromatic nitrogens is 2. The zero-order valence-electron chi connectivity index (χ0n) is 10.7. The lowest BCUT2D eigenvalue weighted by atomic mass is 9.99. The van der Waals surface area contributed by atoms with Crippen LogP contribution in [0.2, 0.25) is 0 Å². The molecule has 1 aromatic carbocycles. The molecular weight excluding hydrogens is 210 g/mol. The average Bonchev–Trinajstić information content (AvgIpc) is 2.66. The molecule has 17 heavy (non-hydrogen) atoms. The van der Waals surface area contributed by atoms with Gasteiger partial charge in [-0.2, -0.15) is 0 Å². The smallest absolute Gasteiger partial charge is 0.0953 e. The summed E-state index contributed by atoms with van der Waals surface area (Å²) in [6.07, 6.45) is 2.72. The van der Waals surface area contributed by atoms with Crippen molar-refractivity contribution in [3.8, 4) is 11.3 Å². The predicted molar refractivity (Wildman–Crippen MR) is 70.9 cm³/mol. The molecule has 2 rings (SSSR count). The fraction of sp³-hybridized carbons (Fsp3) is 0.357. The lowest BCUT2D eigenvalue weighted by molar-refractivity contribution is 0.805. The molecule has 0 unspecified atom stereocenters. The molecule has 0 aliphatic rings. The summed E-state index contributed by atoms with van der Waals surface area (Å²) >= 11 is 0. The minimum atomic E-state index is 0.650. The van der Waals surface area contributed by atoms with Crippen molar-refractivity contribution >= 4 is 0 Å². The monoisotopic (exact) mass is 229 g/mol. The van der Waals surface area contributed by atoms with Crippen molar-refractivity contribution in [3.63, 3.8) is 0 Å². The minimum absolute atomic E-state index is 0.650. The summed E-state index contributed by atoms with van der Waals surface area (Å²) in [5.41, 5.74) is 11.8. The van der Waals surface area contributed by atoms with E-state index in [4.69, 9.17) is 5.73 Å². The number of nitrogens with zero attached hydrogens (tertiary/aromatic N) is 2. The van der Waals surface area contributed by atoms with E-state index in [0.29, 0.717) is 6.54 Å². The molecule has 0 saturated carbocycles. The molecule has 0 saturated heterocycles. The van der Waals surface area contributed by atoms with Crippen LogP contribution in [0.5, 0.6) is 0 Å². The first-order valence-corrected chi connectivity index (χ1v) is 5.92. The van der Waals surface area contributed by atoms with Crippen molar-refractivity contribution in [1.29, 1.82) is 0 Å². The fourth-order valence-electron chi connectivity index (χ4n) is 2.12. The first kappa shape index (κ1) is 11.9. The van der Waals surface area contributed by atoms with Gasteiger partial charge in [0, 0.05) is 24.7 Å². The lowest BCUT2D eigenvalue weighted by Gasteiger charge is -2.09. The van der Waals surface area contributed by atoms with Crippen molar-refractivity contribution in [2.75, 3.05) is 6.54 Å². The van der Waals surface area contributed by atoms with Gasteiger partial charge in [0.25, 0.3) is 0 Å². The third kappa shape index (κ3) is 2.11. The van der Waals surface area contributed by atoms with Crippen molar-refractivity contribution in [2.24, 2.45) is 12.8 Å². The van der Waals surface area contributed by atoms with E-state index in [-0.39, 0.29) is 0 Å². The molecule has 0 atom stereocenters. The summed E-state index contributed by atoms with van der Waals surface area (Å²) in [6.45, 7) is 4.92. The molecule has 0 radical (unpaired) electrons. The van der Waals surface area contributed by atoms with Crippen LogP contribution in [0.4, 0.5) is 0 Å². The third-order valence-corrected chi connectivity index (χ3v) is 3.30. The molecule has 1 aromatic heterocycles. The summed E-state index contributed by atoms with van der Waals surface area (Å²) in [5, 5.41) is 0. The van der Waals surface area contributed by atoms with Gasteiger partial charge < -0.3 is 10.3 Å². The Labute approximate surface area is 102 Å². The minimum Gasteiger partial charge on any atom is -0.337 e. The maximum atomic E-state index is 5.66. The molecule has 0 aliphatic heterocycles. The van der Waals surface area contributed by atoms with Crippen molar-refractivity contribution in [3.05, 3.63) is 41.3 Å². The second-order valence-corrected chi connectivity index (χ2v) is 4.44. The average molecular weight is 229 g/mol. The van der Waals surface area contributed by atoms with Gasteiger partial charge in [-0.3, -0.25) is 0 Å². The van der Waals surface area contributed by atoms with E-state index in [1.165, 1.54) is 22.4 Å². The number of hydrogen-bond donors (Lipinski definition) is 1. The number of benzene rings is 1. The summed E-state index contributed by atoms with van der Waals surface area (Å²) in [5.74, 6) is 0. The normalized spacial score (nSPS) is 10.8. The Morgan fingerprint density at radius 3 is 2.76 bits per heavy atom. The molecule has 2 N–H and O–H groups in total. The maximum absolute atomic E-state index is 5.66. The van der Waals surface area contributed by atoms with E-state index in [0.717, 1.165) is 12.1 Å². The van der Waals surface area contributed by atoms with E-state index in [9.17, 15) is 0 Å². The predicted octanol–water partition coefficient (Wildman–Crippen LogP) is 2.21. The van der Waals surface area contributed by atoms with Crippen LogP contribution in [0.3, 0.4) is 0 Å². The number of nitrogens with two attached hydrogens (primary N) is 1. The Kier molecular flexibility index (Phi) is 3.29. The standard InChI is InChI=1S/C14H19N3/c1-10-5-4-6-12(11(10)2)14-13(7-8-15)17(3)9-16-14/h4-6,9H,7-8,15H2,1-3H3. The highest BCUT2D eigenvalue weighted by molar-refractivity contribution is 5.67. The molecule has 2 aromatic rings.